The Hall–Kier alpha value is -1.24. The number of fused-ring (bicyclic) bond motifs is 1. The van der Waals surface area contributed by atoms with Crippen molar-refractivity contribution in [2.75, 3.05) is 13.2 Å². The molecule has 2 aliphatic rings. The number of rotatable bonds is 7. The zero-order valence-electron chi connectivity index (χ0n) is 20.5. The van der Waals surface area contributed by atoms with Gasteiger partial charge in [0.25, 0.3) is 3.79 Å². The lowest BCUT2D eigenvalue weighted by molar-refractivity contribution is -0.341. The number of hydrogen-bond acceptors (Lipinski definition) is 8. The number of ether oxygens (including phenoxy) is 6. The van der Waals surface area contributed by atoms with Crippen molar-refractivity contribution in [1.29, 1.82) is 5.41 Å². The van der Waals surface area contributed by atoms with Crippen molar-refractivity contribution >= 4 is 81.6 Å². The van der Waals surface area contributed by atoms with E-state index in [1.54, 1.807) is 0 Å². The third-order valence-corrected chi connectivity index (χ3v) is 6.68. The largest absolute Gasteiger partial charge is 0.446 e. The van der Waals surface area contributed by atoms with Gasteiger partial charge < -0.3 is 33.7 Å². The Morgan fingerprint density at radius 2 is 1.62 bits per heavy atom. The topological polar surface area (TPSA) is 108 Å². The van der Waals surface area contributed by atoms with E-state index in [2.05, 4.69) is 5.32 Å². The van der Waals surface area contributed by atoms with Crippen LogP contribution in [-0.2, 0) is 35.0 Å². The van der Waals surface area contributed by atoms with Crippen LogP contribution in [0.25, 0.3) is 0 Å². The second-order valence-corrected chi connectivity index (χ2v) is 13.6. The van der Waals surface area contributed by atoms with Crippen LogP contribution in [0.4, 0.5) is 4.79 Å². The highest BCUT2D eigenvalue weighted by atomic mass is 35.6. The van der Waals surface area contributed by atoms with E-state index in [1.807, 2.05) is 60.7 Å². The molecule has 2 heterocycles. The van der Waals surface area contributed by atoms with Crippen LogP contribution in [0.1, 0.15) is 17.4 Å². The first-order valence-electron chi connectivity index (χ1n) is 11.9. The monoisotopic (exact) mass is 674 g/mol. The van der Waals surface area contributed by atoms with E-state index in [4.69, 9.17) is 103 Å². The van der Waals surface area contributed by atoms with Gasteiger partial charge in [-0.3, -0.25) is 5.41 Å². The molecule has 1 amide bonds. The molecule has 40 heavy (non-hydrogen) atoms. The number of carbonyl (C=O) groups excluding carboxylic acids is 1. The molecule has 2 aromatic carbocycles. The lowest BCUT2D eigenvalue weighted by Gasteiger charge is -2.49. The molecule has 0 spiro atoms. The number of alkyl halides is 6. The number of nitrogens with one attached hydrogen (secondary N) is 2. The molecule has 2 fully saturated rings. The highest BCUT2D eigenvalue weighted by molar-refractivity contribution is 6.76. The first-order chi connectivity index (χ1) is 18.9. The SMILES string of the molecule is N=C(O[C@@H]1OC2COC(c3ccccc3)O[C@H]2C(OCc2ccccc2)[C@H]1NC(=O)OCC(Cl)(Cl)Cl)C(Cl)(Cl)Cl. The van der Waals surface area contributed by atoms with E-state index in [0.29, 0.717) is 0 Å². The number of amides is 1. The third-order valence-electron chi connectivity index (χ3n) is 5.84. The minimum atomic E-state index is -2.21. The number of hydrogen-bond donors (Lipinski definition) is 2. The summed E-state index contributed by atoms with van der Waals surface area (Å²) in [4.78, 5) is 12.8. The van der Waals surface area contributed by atoms with Gasteiger partial charge >= 0.3 is 6.09 Å². The Kier molecular flexibility index (Phi) is 11.0. The molecule has 9 nitrogen and oxygen atoms in total. The Morgan fingerprint density at radius 3 is 2.25 bits per heavy atom. The molecule has 3 unspecified atom stereocenters. The maximum absolute atomic E-state index is 12.8. The first-order valence-corrected chi connectivity index (χ1v) is 14.1. The van der Waals surface area contributed by atoms with Gasteiger partial charge in [0.1, 0.15) is 31.0 Å². The number of carbonyl (C=O) groups is 1. The van der Waals surface area contributed by atoms with Gasteiger partial charge in [-0.1, -0.05) is 130 Å². The van der Waals surface area contributed by atoms with Crippen LogP contribution in [0.5, 0.6) is 0 Å². The van der Waals surface area contributed by atoms with Gasteiger partial charge in [-0.05, 0) is 5.56 Å². The van der Waals surface area contributed by atoms with Crippen molar-refractivity contribution < 1.29 is 33.2 Å². The average Bonchev–Trinajstić information content (AvgIpc) is 2.91. The highest BCUT2D eigenvalue weighted by Crippen LogP contribution is 2.37. The predicted molar refractivity (Wildman–Crippen MR) is 151 cm³/mol. The number of benzene rings is 2. The summed E-state index contributed by atoms with van der Waals surface area (Å²) < 4.78 is 31.2. The molecule has 0 radical (unpaired) electrons. The lowest BCUT2D eigenvalue weighted by atomic mass is 9.95. The predicted octanol–water partition coefficient (Wildman–Crippen LogP) is 6.24. The van der Waals surface area contributed by atoms with Gasteiger partial charge in [0.05, 0.1) is 13.2 Å². The zero-order valence-corrected chi connectivity index (χ0v) is 25.0. The van der Waals surface area contributed by atoms with Gasteiger partial charge in [-0.15, -0.1) is 0 Å². The fourth-order valence-electron chi connectivity index (χ4n) is 4.08. The molecular weight excluding hydrogens is 653 g/mol. The number of alkyl carbamates (subject to hydrolysis) is 1. The first kappa shape index (κ1) is 31.7. The Bertz CT molecular complexity index is 1140. The Morgan fingerprint density at radius 1 is 0.975 bits per heavy atom. The van der Waals surface area contributed by atoms with Crippen LogP contribution in [0.15, 0.2) is 60.7 Å². The molecule has 2 aliphatic heterocycles. The quantitative estimate of drug-likeness (QED) is 0.203. The van der Waals surface area contributed by atoms with Crippen LogP contribution in [-0.4, -0.2) is 63.4 Å². The fourth-order valence-corrected chi connectivity index (χ4v) is 4.38. The van der Waals surface area contributed by atoms with E-state index in [-0.39, 0.29) is 13.2 Å². The average molecular weight is 677 g/mol. The van der Waals surface area contributed by atoms with Gasteiger partial charge in [-0.25, -0.2) is 4.79 Å². The molecule has 0 saturated carbocycles. The van der Waals surface area contributed by atoms with Crippen molar-refractivity contribution in [3.05, 3.63) is 71.8 Å². The molecule has 2 aromatic rings. The van der Waals surface area contributed by atoms with Crippen molar-refractivity contribution in [3.8, 4) is 0 Å². The van der Waals surface area contributed by atoms with E-state index in [0.717, 1.165) is 11.1 Å². The maximum atomic E-state index is 12.8. The summed E-state index contributed by atoms with van der Waals surface area (Å²) in [5.74, 6) is -0.746. The molecule has 0 aromatic heterocycles. The highest BCUT2D eigenvalue weighted by Gasteiger charge is 2.53. The van der Waals surface area contributed by atoms with Crippen molar-refractivity contribution in [1.82, 2.24) is 5.32 Å². The maximum Gasteiger partial charge on any atom is 0.407 e. The van der Waals surface area contributed by atoms with Crippen LogP contribution in [0.2, 0.25) is 0 Å². The van der Waals surface area contributed by atoms with Gasteiger partial charge in [0.15, 0.2) is 6.29 Å². The molecule has 2 N–H and O–H groups in total. The molecule has 0 bridgehead atoms. The lowest BCUT2D eigenvalue weighted by Crippen LogP contribution is -2.68. The molecule has 218 valence electrons. The van der Waals surface area contributed by atoms with E-state index < -0.39 is 63.1 Å². The zero-order chi connectivity index (χ0) is 28.9. The van der Waals surface area contributed by atoms with Crippen LogP contribution >= 0.6 is 69.6 Å². The smallest absolute Gasteiger partial charge is 0.407 e. The molecular formula is C25H24Cl6N2O7. The van der Waals surface area contributed by atoms with Gasteiger partial charge in [0.2, 0.25) is 16.0 Å². The molecule has 2 saturated heterocycles. The standard InChI is InChI=1S/C25H24Cl6N2O7/c26-24(27,28)13-37-23(34)33-17-19(35-11-14-7-3-1-4-8-14)18-16(38-21(17)40-22(32)25(29,30)31)12-36-20(39-18)15-9-5-2-6-10-15/h1-10,16-21,32H,11-13H2,(H,33,34)/t16?,17-,18-,19?,20?,21+/m1/s1. The molecule has 6 atom stereocenters. The van der Waals surface area contributed by atoms with Gasteiger partial charge in [-0.2, -0.15) is 0 Å². The summed E-state index contributed by atoms with van der Waals surface area (Å²) in [6.45, 7) is -0.347. The normalized spacial score (nSPS) is 26.9. The summed E-state index contributed by atoms with van der Waals surface area (Å²) in [5.41, 5.74) is 1.62. The van der Waals surface area contributed by atoms with E-state index in [9.17, 15) is 4.79 Å². The second-order valence-electron chi connectivity index (χ2n) is 8.79. The van der Waals surface area contributed by atoms with Gasteiger partial charge in [0, 0.05) is 5.56 Å². The van der Waals surface area contributed by atoms with Crippen LogP contribution in [0, 0.1) is 5.41 Å². The summed E-state index contributed by atoms with van der Waals surface area (Å²) in [6.07, 6.45) is -5.56. The van der Waals surface area contributed by atoms with Crippen molar-refractivity contribution in [3.63, 3.8) is 0 Å². The fraction of sp³-hybridized carbons (Fsp3) is 0.440. The molecule has 4 rings (SSSR count). The molecule has 0 aliphatic carbocycles. The summed E-state index contributed by atoms with van der Waals surface area (Å²) in [7, 11) is 0. The minimum Gasteiger partial charge on any atom is -0.446 e. The summed E-state index contributed by atoms with van der Waals surface area (Å²) in [5, 5.41) is 10.7. The van der Waals surface area contributed by atoms with Crippen molar-refractivity contribution in [2.45, 2.75) is 51.1 Å². The summed E-state index contributed by atoms with van der Waals surface area (Å²) >= 11 is 34.7. The summed E-state index contributed by atoms with van der Waals surface area (Å²) in [6, 6.07) is 17.5. The minimum absolute atomic E-state index is 0.0703. The Labute approximate surface area is 260 Å². The molecule has 15 heteroatoms. The Balaban J connectivity index is 1.63. The van der Waals surface area contributed by atoms with E-state index in [1.165, 1.54) is 0 Å². The number of halogens is 6. The van der Waals surface area contributed by atoms with E-state index >= 15 is 0 Å². The van der Waals surface area contributed by atoms with Crippen molar-refractivity contribution in [2.24, 2.45) is 0 Å². The van der Waals surface area contributed by atoms with Crippen LogP contribution in [0.3, 0.4) is 0 Å². The third kappa shape index (κ3) is 8.88. The second kappa shape index (κ2) is 13.8. The van der Waals surface area contributed by atoms with Crippen LogP contribution < -0.4 is 5.32 Å².